The molecule has 0 N–H and O–H groups in total. The first-order valence-electron chi connectivity index (χ1n) is 11.4. The van der Waals surface area contributed by atoms with Crippen LogP contribution in [0.2, 0.25) is 0 Å². The lowest BCUT2D eigenvalue weighted by Gasteiger charge is -2.32. The topological polar surface area (TPSA) is 57.2 Å². The van der Waals surface area contributed by atoms with Crippen molar-refractivity contribution in [1.82, 2.24) is 4.90 Å². The molecule has 0 atom stereocenters. The second kappa shape index (κ2) is 8.75. The molecule has 2 fully saturated rings. The smallest absolute Gasteiger partial charge is 0.494 e. The van der Waals surface area contributed by atoms with Gasteiger partial charge in [-0.2, -0.15) is 0 Å². The Morgan fingerprint density at radius 1 is 1.09 bits per heavy atom. The summed E-state index contributed by atoms with van der Waals surface area (Å²) in [7, 11) is 1.27. The quantitative estimate of drug-likeness (QED) is 0.633. The summed E-state index contributed by atoms with van der Waals surface area (Å²) in [5, 5.41) is 0. The van der Waals surface area contributed by atoms with Crippen molar-refractivity contribution < 1.29 is 23.6 Å². The summed E-state index contributed by atoms with van der Waals surface area (Å²) in [4.78, 5) is 14.1. The average molecular weight is 443 g/mol. The molecule has 2 saturated heterocycles. The first kappa shape index (κ1) is 24.7. The van der Waals surface area contributed by atoms with Gasteiger partial charge < -0.3 is 23.7 Å². The van der Waals surface area contributed by atoms with Gasteiger partial charge in [-0.3, -0.25) is 0 Å². The molecule has 0 unspecified atom stereocenters. The third-order valence-electron chi connectivity index (χ3n) is 6.52. The van der Waals surface area contributed by atoms with Gasteiger partial charge in [0.05, 0.1) is 18.3 Å². The number of carbonyl (C=O) groups excluding carboxylic acids is 1. The van der Waals surface area contributed by atoms with Gasteiger partial charge in [0.15, 0.2) is 0 Å². The van der Waals surface area contributed by atoms with Crippen LogP contribution in [0.4, 0.5) is 4.79 Å². The number of rotatable bonds is 3. The SMILES string of the molecule is COc1cc(B2OC(C)(C)C(C)(C)O2)cc(C)c1C=C1CCN(C(=O)OC(C)(C)C)CC1. The number of carbonyl (C=O) groups is 1. The monoisotopic (exact) mass is 443 g/mol. The summed E-state index contributed by atoms with van der Waals surface area (Å²) in [5.74, 6) is 0.803. The van der Waals surface area contributed by atoms with Crippen LogP contribution in [0.5, 0.6) is 5.75 Å². The fraction of sp³-hybridized carbons (Fsp3) is 0.640. The Bertz CT molecular complexity index is 874. The van der Waals surface area contributed by atoms with Crippen LogP contribution in [0.25, 0.3) is 6.08 Å². The average Bonchev–Trinajstić information content (AvgIpc) is 2.89. The minimum atomic E-state index is -0.476. The van der Waals surface area contributed by atoms with E-state index in [1.807, 2.05) is 26.8 Å². The molecule has 32 heavy (non-hydrogen) atoms. The summed E-state index contributed by atoms with van der Waals surface area (Å²) in [6, 6.07) is 4.13. The molecule has 1 amide bonds. The zero-order valence-corrected chi connectivity index (χ0v) is 21.1. The van der Waals surface area contributed by atoms with Gasteiger partial charge in [-0.1, -0.05) is 17.7 Å². The van der Waals surface area contributed by atoms with E-state index in [1.165, 1.54) is 5.57 Å². The predicted octanol–water partition coefficient (Wildman–Crippen LogP) is 4.72. The molecule has 0 aromatic heterocycles. The normalized spacial score (nSPS) is 20.3. The number of nitrogens with zero attached hydrogens (tertiary/aromatic N) is 1. The first-order chi connectivity index (χ1) is 14.7. The molecule has 6 nitrogen and oxygen atoms in total. The van der Waals surface area contributed by atoms with E-state index in [4.69, 9.17) is 18.8 Å². The van der Waals surface area contributed by atoms with Gasteiger partial charge in [0, 0.05) is 18.7 Å². The van der Waals surface area contributed by atoms with Crippen molar-refractivity contribution in [3.05, 3.63) is 28.8 Å². The fourth-order valence-corrected chi connectivity index (χ4v) is 3.91. The number of ether oxygens (including phenoxy) is 2. The molecule has 2 aliphatic heterocycles. The van der Waals surface area contributed by atoms with Gasteiger partial charge in [0.2, 0.25) is 0 Å². The molecule has 1 aromatic carbocycles. The van der Waals surface area contributed by atoms with Gasteiger partial charge in [-0.25, -0.2) is 4.79 Å². The zero-order valence-electron chi connectivity index (χ0n) is 21.1. The Morgan fingerprint density at radius 3 is 2.16 bits per heavy atom. The first-order valence-corrected chi connectivity index (χ1v) is 11.4. The van der Waals surface area contributed by atoms with Crippen molar-refractivity contribution in [1.29, 1.82) is 0 Å². The molecular weight excluding hydrogens is 405 g/mol. The Morgan fingerprint density at radius 2 is 1.66 bits per heavy atom. The molecule has 0 saturated carbocycles. The van der Waals surface area contributed by atoms with Gasteiger partial charge in [0.25, 0.3) is 0 Å². The lowest BCUT2D eigenvalue weighted by Crippen LogP contribution is -2.41. The summed E-state index contributed by atoms with van der Waals surface area (Å²) in [6.45, 7) is 17.3. The minimum absolute atomic E-state index is 0.239. The largest absolute Gasteiger partial charge is 0.496 e. The van der Waals surface area contributed by atoms with Crippen molar-refractivity contribution in [3.63, 3.8) is 0 Å². The summed E-state index contributed by atoms with van der Waals surface area (Å²) >= 11 is 0. The number of likely N-dealkylation sites (tertiary alicyclic amines) is 1. The van der Waals surface area contributed by atoms with Gasteiger partial charge in [-0.05, 0) is 85.3 Å². The van der Waals surface area contributed by atoms with E-state index in [1.54, 1.807) is 12.0 Å². The lowest BCUT2D eigenvalue weighted by atomic mass is 9.77. The Kier molecular flexibility index (Phi) is 6.74. The van der Waals surface area contributed by atoms with Crippen molar-refractivity contribution >= 4 is 24.8 Å². The molecule has 0 radical (unpaired) electrons. The van der Waals surface area contributed by atoms with Crippen LogP contribution in [0.1, 0.15) is 72.4 Å². The molecule has 2 heterocycles. The highest BCUT2D eigenvalue weighted by Gasteiger charge is 2.51. The van der Waals surface area contributed by atoms with Crippen LogP contribution in [0.3, 0.4) is 0 Å². The van der Waals surface area contributed by atoms with E-state index in [2.05, 4.69) is 46.8 Å². The van der Waals surface area contributed by atoms with E-state index in [0.717, 1.165) is 35.2 Å². The Labute approximate surface area is 193 Å². The number of amides is 1. The lowest BCUT2D eigenvalue weighted by molar-refractivity contribution is 0.00578. The van der Waals surface area contributed by atoms with E-state index in [-0.39, 0.29) is 17.3 Å². The Balaban J connectivity index is 1.76. The van der Waals surface area contributed by atoms with Crippen LogP contribution in [-0.4, -0.2) is 55.1 Å². The maximum Gasteiger partial charge on any atom is 0.494 e. The standard InChI is InChI=1S/C25H38BNO5/c1-17-14-19(26-31-24(5,6)25(7,8)32-26)16-21(29-9)20(17)15-18-10-12-27(13-11-18)22(28)30-23(2,3)4/h14-16H,10-13H2,1-9H3. The maximum absolute atomic E-state index is 12.3. The molecular formula is C25H38BNO5. The van der Waals surface area contributed by atoms with E-state index in [0.29, 0.717) is 13.1 Å². The van der Waals surface area contributed by atoms with Crippen LogP contribution in [-0.2, 0) is 14.0 Å². The van der Waals surface area contributed by atoms with Crippen LogP contribution < -0.4 is 10.2 Å². The zero-order chi connectivity index (χ0) is 23.9. The second-order valence-corrected chi connectivity index (χ2v) is 10.8. The second-order valence-electron chi connectivity index (χ2n) is 10.8. The van der Waals surface area contributed by atoms with E-state index >= 15 is 0 Å². The van der Waals surface area contributed by atoms with Crippen LogP contribution in [0.15, 0.2) is 17.7 Å². The third-order valence-corrected chi connectivity index (χ3v) is 6.52. The molecule has 0 spiro atoms. The molecule has 1 aromatic rings. The molecule has 0 aliphatic carbocycles. The molecule has 7 heteroatoms. The third kappa shape index (κ3) is 5.32. The minimum Gasteiger partial charge on any atom is -0.496 e. The highest BCUT2D eigenvalue weighted by atomic mass is 16.7. The van der Waals surface area contributed by atoms with Crippen molar-refractivity contribution in [3.8, 4) is 5.75 Å². The van der Waals surface area contributed by atoms with Crippen LogP contribution in [0, 0.1) is 6.92 Å². The number of hydrogen-bond donors (Lipinski definition) is 0. The van der Waals surface area contributed by atoms with Crippen LogP contribution >= 0.6 is 0 Å². The van der Waals surface area contributed by atoms with Crippen molar-refractivity contribution in [2.24, 2.45) is 0 Å². The predicted molar refractivity (Wildman–Crippen MR) is 128 cm³/mol. The summed E-state index contributed by atoms with van der Waals surface area (Å²) in [5.41, 5.74) is 3.18. The highest BCUT2D eigenvalue weighted by molar-refractivity contribution is 6.62. The van der Waals surface area contributed by atoms with Crippen molar-refractivity contribution in [2.75, 3.05) is 20.2 Å². The number of benzene rings is 1. The number of piperidine rings is 1. The van der Waals surface area contributed by atoms with Gasteiger partial charge >= 0.3 is 13.2 Å². The summed E-state index contributed by atoms with van der Waals surface area (Å²) in [6.07, 6.45) is 3.60. The maximum atomic E-state index is 12.3. The molecule has 3 rings (SSSR count). The summed E-state index contributed by atoms with van der Waals surface area (Å²) < 4.78 is 23.7. The molecule has 0 bridgehead atoms. The molecule has 2 aliphatic rings. The molecule has 176 valence electrons. The van der Waals surface area contributed by atoms with E-state index < -0.39 is 12.7 Å². The van der Waals surface area contributed by atoms with Gasteiger partial charge in [0.1, 0.15) is 11.4 Å². The Hall–Kier alpha value is -1.99. The van der Waals surface area contributed by atoms with E-state index in [9.17, 15) is 4.79 Å². The highest BCUT2D eigenvalue weighted by Crippen LogP contribution is 2.37. The van der Waals surface area contributed by atoms with Gasteiger partial charge in [-0.15, -0.1) is 0 Å². The van der Waals surface area contributed by atoms with Crippen molar-refractivity contribution in [2.45, 2.75) is 85.0 Å². The number of methoxy groups -OCH3 is 1. The number of aryl methyl sites for hydroxylation is 1. The number of hydrogen-bond acceptors (Lipinski definition) is 5. The fourth-order valence-electron chi connectivity index (χ4n) is 3.91.